The van der Waals surface area contributed by atoms with Gasteiger partial charge in [-0.3, -0.25) is 4.79 Å². The van der Waals surface area contributed by atoms with Crippen LogP contribution in [0.25, 0.3) is 0 Å². The van der Waals surface area contributed by atoms with Gasteiger partial charge in [-0.15, -0.1) is 11.8 Å². The van der Waals surface area contributed by atoms with Crippen LogP contribution in [-0.2, 0) is 4.79 Å². The van der Waals surface area contributed by atoms with Crippen LogP contribution in [-0.4, -0.2) is 44.9 Å². The highest BCUT2D eigenvalue weighted by atomic mass is 32.2. The van der Waals surface area contributed by atoms with E-state index in [0.29, 0.717) is 41.7 Å². The molecule has 0 unspecified atom stereocenters. The molecule has 4 rings (SSSR count). The summed E-state index contributed by atoms with van der Waals surface area (Å²) in [5.74, 6) is 2.98. The van der Waals surface area contributed by atoms with Gasteiger partial charge in [-0.1, -0.05) is 24.3 Å². The van der Waals surface area contributed by atoms with Crippen LogP contribution in [0, 0.1) is 12.8 Å². The number of rotatable bonds is 6. The summed E-state index contributed by atoms with van der Waals surface area (Å²) in [6.45, 7) is 2.14. The van der Waals surface area contributed by atoms with E-state index < -0.39 is 5.97 Å². The lowest BCUT2D eigenvalue weighted by atomic mass is 9.79. The number of aliphatic carboxylic acids is 1. The zero-order valence-electron chi connectivity index (χ0n) is 17.0. The molecule has 2 heterocycles. The Kier molecular flexibility index (Phi) is 6.22. The summed E-state index contributed by atoms with van der Waals surface area (Å²) in [7, 11) is 0. The first kappa shape index (κ1) is 20.7. The van der Waals surface area contributed by atoms with Crippen molar-refractivity contribution in [2.75, 3.05) is 23.8 Å². The van der Waals surface area contributed by atoms with Gasteiger partial charge in [-0.25, -0.2) is 9.98 Å². The molecular formula is C22H26N4O3S. The SMILES string of the molecule is Cc1nc(N)c2c(n1)OCC(c1ccc(C3CCC(CSCC(=O)O)CC3)cc1)=N2. The third kappa shape index (κ3) is 4.75. The number of thioether (sulfide) groups is 1. The molecule has 3 N–H and O–H groups in total. The van der Waals surface area contributed by atoms with Gasteiger partial charge in [0.15, 0.2) is 11.5 Å². The van der Waals surface area contributed by atoms with Crippen molar-refractivity contribution < 1.29 is 14.6 Å². The number of carboxylic acid groups (broad SMARTS) is 1. The monoisotopic (exact) mass is 426 g/mol. The number of fused-ring (bicyclic) bond motifs is 1. The van der Waals surface area contributed by atoms with Crippen molar-refractivity contribution in [2.24, 2.45) is 10.9 Å². The predicted octanol–water partition coefficient (Wildman–Crippen LogP) is 3.97. The minimum absolute atomic E-state index is 0.205. The topological polar surface area (TPSA) is 111 Å². The standard InChI is InChI=1S/C22H26N4O3S/c1-13-24-21(23)20-22(25-13)29-10-18(26-20)17-8-6-16(7-9-17)15-4-2-14(3-5-15)11-30-12-19(27)28/h6-9,14-15H,2-5,10-12H2,1H3,(H,27,28)(H2,23,24,25). The Morgan fingerprint density at radius 3 is 2.63 bits per heavy atom. The maximum atomic E-state index is 10.7. The maximum absolute atomic E-state index is 10.7. The van der Waals surface area contributed by atoms with Crippen molar-refractivity contribution in [3.05, 3.63) is 41.2 Å². The van der Waals surface area contributed by atoms with Gasteiger partial charge in [-0.2, -0.15) is 4.98 Å². The molecule has 0 atom stereocenters. The molecule has 8 heteroatoms. The lowest BCUT2D eigenvalue weighted by molar-refractivity contribution is -0.133. The van der Waals surface area contributed by atoms with E-state index in [-0.39, 0.29) is 5.75 Å². The van der Waals surface area contributed by atoms with Crippen LogP contribution in [0.2, 0.25) is 0 Å². The molecule has 1 aliphatic heterocycles. The normalized spacial score (nSPS) is 20.8. The highest BCUT2D eigenvalue weighted by molar-refractivity contribution is 7.99. The highest BCUT2D eigenvalue weighted by Crippen LogP contribution is 2.38. The Bertz CT molecular complexity index is 954. The number of nitrogen functional groups attached to an aromatic ring is 1. The van der Waals surface area contributed by atoms with Crippen molar-refractivity contribution in [1.29, 1.82) is 0 Å². The molecule has 158 valence electrons. The molecule has 2 aromatic rings. The van der Waals surface area contributed by atoms with Crippen molar-refractivity contribution in [3.8, 4) is 5.88 Å². The number of aryl methyl sites for hydroxylation is 1. The van der Waals surface area contributed by atoms with Crippen molar-refractivity contribution >= 4 is 34.9 Å². The van der Waals surface area contributed by atoms with Crippen LogP contribution < -0.4 is 10.5 Å². The van der Waals surface area contributed by atoms with E-state index in [1.165, 1.54) is 17.3 Å². The van der Waals surface area contributed by atoms with Crippen molar-refractivity contribution in [3.63, 3.8) is 0 Å². The van der Waals surface area contributed by atoms with Crippen LogP contribution in [0.15, 0.2) is 29.3 Å². The average Bonchev–Trinajstić information content (AvgIpc) is 2.74. The number of benzene rings is 1. The van der Waals surface area contributed by atoms with Gasteiger partial charge in [0, 0.05) is 0 Å². The Balaban J connectivity index is 1.38. The molecule has 30 heavy (non-hydrogen) atoms. The summed E-state index contributed by atoms with van der Waals surface area (Å²) in [5.41, 5.74) is 9.69. The molecule has 0 spiro atoms. The number of aromatic nitrogens is 2. The molecular weight excluding hydrogens is 400 g/mol. The number of hydrogen-bond acceptors (Lipinski definition) is 7. The molecule has 7 nitrogen and oxygen atoms in total. The van der Waals surface area contributed by atoms with Gasteiger partial charge in [-0.05, 0) is 61.3 Å². The van der Waals surface area contributed by atoms with E-state index in [0.717, 1.165) is 42.7 Å². The van der Waals surface area contributed by atoms with Crippen molar-refractivity contribution in [1.82, 2.24) is 9.97 Å². The molecule has 1 aliphatic carbocycles. The Morgan fingerprint density at radius 1 is 1.20 bits per heavy atom. The van der Waals surface area contributed by atoms with Gasteiger partial charge in [0.1, 0.15) is 12.4 Å². The second kappa shape index (κ2) is 9.04. The first-order valence-corrected chi connectivity index (χ1v) is 11.4. The summed E-state index contributed by atoms with van der Waals surface area (Å²) >= 11 is 1.54. The minimum atomic E-state index is -0.726. The summed E-state index contributed by atoms with van der Waals surface area (Å²) in [5, 5.41) is 8.77. The smallest absolute Gasteiger partial charge is 0.313 e. The molecule has 0 saturated heterocycles. The van der Waals surface area contributed by atoms with Gasteiger partial charge in [0.25, 0.3) is 0 Å². The van der Waals surface area contributed by atoms with Crippen molar-refractivity contribution in [2.45, 2.75) is 38.5 Å². The highest BCUT2D eigenvalue weighted by Gasteiger charge is 2.23. The number of anilines is 1. The third-order valence-corrected chi connectivity index (χ3v) is 6.88. The Labute approximate surface area is 180 Å². The number of nitrogens with zero attached hydrogens (tertiary/aromatic N) is 3. The Morgan fingerprint density at radius 2 is 1.93 bits per heavy atom. The minimum Gasteiger partial charge on any atom is -0.481 e. The zero-order chi connectivity index (χ0) is 21.1. The van der Waals surface area contributed by atoms with E-state index in [1.54, 1.807) is 6.92 Å². The van der Waals surface area contributed by atoms with Crippen LogP contribution in [0.4, 0.5) is 11.5 Å². The lowest BCUT2D eigenvalue weighted by Crippen LogP contribution is -2.19. The third-order valence-electron chi connectivity index (χ3n) is 5.72. The van der Waals surface area contributed by atoms with Crippen LogP contribution in [0.3, 0.4) is 0 Å². The van der Waals surface area contributed by atoms with E-state index in [1.807, 2.05) is 0 Å². The fourth-order valence-corrected chi connectivity index (χ4v) is 5.10. The first-order valence-electron chi connectivity index (χ1n) is 10.2. The lowest BCUT2D eigenvalue weighted by Gasteiger charge is -2.28. The van der Waals surface area contributed by atoms with Gasteiger partial charge in [0.2, 0.25) is 5.88 Å². The van der Waals surface area contributed by atoms with Gasteiger partial charge < -0.3 is 15.6 Å². The summed E-state index contributed by atoms with van der Waals surface area (Å²) in [4.78, 5) is 23.7. The fourth-order valence-electron chi connectivity index (χ4n) is 4.14. The largest absolute Gasteiger partial charge is 0.481 e. The zero-order valence-corrected chi connectivity index (χ0v) is 17.8. The molecule has 1 fully saturated rings. The molecule has 0 radical (unpaired) electrons. The van der Waals surface area contributed by atoms with Gasteiger partial charge in [0.05, 0.1) is 11.5 Å². The second-order valence-corrected chi connectivity index (χ2v) is 8.94. The number of nitrogens with two attached hydrogens (primary N) is 1. The average molecular weight is 427 g/mol. The quantitative estimate of drug-likeness (QED) is 0.719. The fraction of sp³-hybridized carbons (Fsp3) is 0.455. The second-order valence-electron chi connectivity index (χ2n) is 7.91. The Hall–Kier alpha value is -2.61. The predicted molar refractivity (Wildman–Crippen MR) is 119 cm³/mol. The van der Waals surface area contributed by atoms with E-state index in [9.17, 15) is 4.79 Å². The van der Waals surface area contributed by atoms with Crippen LogP contribution in [0.1, 0.15) is 48.6 Å². The number of aliphatic imine (C=N–C) groups is 1. The van der Waals surface area contributed by atoms with E-state index in [4.69, 9.17) is 15.6 Å². The molecule has 0 bridgehead atoms. The molecule has 2 aliphatic rings. The summed E-state index contributed by atoms with van der Waals surface area (Å²) in [6.07, 6.45) is 4.63. The molecule has 0 amide bonds. The van der Waals surface area contributed by atoms with E-state index in [2.05, 4.69) is 39.2 Å². The number of hydrogen-bond donors (Lipinski definition) is 2. The molecule has 1 aromatic heterocycles. The summed E-state index contributed by atoms with van der Waals surface area (Å²) in [6, 6.07) is 8.57. The van der Waals surface area contributed by atoms with Gasteiger partial charge >= 0.3 is 5.97 Å². The van der Waals surface area contributed by atoms with E-state index >= 15 is 0 Å². The van der Waals surface area contributed by atoms with Crippen LogP contribution in [0.5, 0.6) is 5.88 Å². The molecule has 1 aromatic carbocycles. The molecule has 1 saturated carbocycles. The maximum Gasteiger partial charge on any atom is 0.313 e. The first-order chi connectivity index (χ1) is 14.5. The van der Waals surface area contributed by atoms with Crippen LogP contribution >= 0.6 is 11.8 Å². The number of carbonyl (C=O) groups is 1. The number of carboxylic acids is 1. The number of ether oxygens (including phenoxy) is 1. The summed E-state index contributed by atoms with van der Waals surface area (Å²) < 4.78 is 5.76.